The predicted octanol–water partition coefficient (Wildman–Crippen LogP) is 0.805. The van der Waals surface area contributed by atoms with Crippen molar-refractivity contribution in [1.29, 1.82) is 0 Å². The molecule has 104 valence electrons. The summed E-state index contributed by atoms with van der Waals surface area (Å²) in [4.78, 5) is 14.0. The van der Waals surface area contributed by atoms with Gasteiger partial charge in [-0.25, -0.2) is 4.98 Å². The largest absolute Gasteiger partial charge is 0.409 e. The van der Waals surface area contributed by atoms with Gasteiger partial charge in [0.2, 0.25) is 0 Å². The summed E-state index contributed by atoms with van der Waals surface area (Å²) in [6.45, 7) is 1.88. The van der Waals surface area contributed by atoms with Gasteiger partial charge in [-0.05, 0) is 5.92 Å². The fraction of sp³-hybridized carbons (Fsp3) is 0.400. The number of pyridine rings is 1. The van der Waals surface area contributed by atoms with Gasteiger partial charge >= 0.3 is 0 Å². The molecule has 0 aliphatic heterocycles. The van der Waals surface area contributed by atoms with Crippen LogP contribution in [0.4, 0.5) is 5.69 Å². The molecule has 9 heteroatoms. The Bertz CT molecular complexity index is 494. The number of hydrogen-bond donors (Lipinski definition) is 3. The van der Waals surface area contributed by atoms with Gasteiger partial charge in [0.25, 0.3) is 5.69 Å². The topological polar surface area (TPSA) is 135 Å². The average molecular weight is 286 g/mol. The maximum absolute atomic E-state index is 10.7. The maximum atomic E-state index is 10.7. The molecule has 1 aromatic rings. The van der Waals surface area contributed by atoms with Gasteiger partial charge in [-0.3, -0.25) is 10.1 Å². The summed E-state index contributed by atoms with van der Waals surface area (Å²) in [5, 5.41) is 31.5. The Morgan fingerprint density at radius 2 is 2.42 bits per heavy atom. The highest BCUT2D eigenvalue weighted by Gasteiger charge is 2.16. The zero-order valence-electron chi connectivity index (χ0n) is 10.2. The monoisotopic (exact) mass is 286 g/mol. The lowest BCUT2D eigenvalue weighted by atomic mass is 10.2. The summed E-state index contributed by atoms with van der Waals surface area (Å²) in [6, 6.07) is 1.20. The molecule has 1 unspecified atom stereocenters. The van der Waals surface area contributed by atoms with E-state index in [1.165, 1.54) is 17.8 Å². The van der Waals surface area contributed by atoms with E-state index in [9.17, 15) is 10.1 Å². The number of thioether (sulfide) groups is 1. The van der Waals surface area contributed by atoms with Crippen molar-refractivity contribution in [3.63, 3.8) is 0 Å². The van der Waals surface area contributed by atoms with Gasteiger partial charge < -0.3 is 16.0 Å². The van der Waals surface area contributed by atoms with E-state index in [0.29, 0.717) is 10.8 Å². The summed E-state index contributed by atoms with van der Waals surface area (Å²) >= 11 is 1.28. The molecule has 1 atom stereocenters. The Kier molecular flexibility index (Phi) is 5.52. The number of nitrogens with two attached hydrogens (primary N) is 1. The molecule has 0 fully saturated rings. The number of oxime groups is 1. The van der Waals surface area contributed by atoms with E-state index in [2.05, 4.69) is 10.1 Å². The molecule has 8 nitrogen and oxygen atoms in total. The minimum Gasteiger partial charge on any atom is -0.409 e. The molecule has 4 N–H and O–H groups in total. The van der Waals surface area contributed by atoms with E-state index in [0.717, 1.165) is 6.20 Å². The van der Waals surface area contributed by atoms with Gasteiger partial charge in [0, 0.05) is 18.4 Å². The van der Waals surface area contributed by atoms with Crippen molar-refractivity contribution < 1.29 is 15.2 Å². The molecule has 19 heavy (non-hydrogen) atoms. The quantitative estimate of drug-likeness (QED) is 0.176. The van der Waals surface area contributed by atoms with Crippen LogP contribution in [0.1, 0.15) is 12.5 Å². The first-order valence-corrected chi connectivity index (χ1v) is 6.34. The Balaban J connectivity index is 3.06. The second kappa shape index (κ2) is 6.90. The highest BCUT2D eigenvalue weighted by atomic mass is 32.2. The van der Waals surface area contributed by atoms with E-state index < -0.39 is 4.92 Å². The molecular formula is C10H14N4O4S. The van der Waals surface area contributed by atoms with Crippen molar-refractivity contribution in [3.05, 3.63) is 27.9 Å². The van der Waals surface area contributed by atoms with Crippen molar-refractivity contribution in [2.45, 2.75) is 11.9 Å². The van der Waals surface area contributed by atoms with E-state index in [-0.39, 0.29) is 29.6 Å². The van der Waals surface area contributed by atoms with Gasteiger partial charge in [-0.1, -0.05) is 12.1 Å². The van der Waals surface area contributed by atoms with Crippen molar-refractivity contribution in [1.82, 2.24) is 4.98 Å². The summed E-state index contributed by atoms with van der Waals surface area (Å²) in [6.07, 6.45) is 1.11. The molecule has 0 amide bonds. The molecule has 0 aliphatic carbocycles. The average Bonchev–Trinajstić information content (AvgIpc) is 2.43. The first-order valence-electron chi connectivity index (χ1n) is 5.35. The van der Waals surface area contributed by atoms with E-state index in [1.54, 1.807) is 0 Å². The van der Waals surface area contributed by atoms with Crippen LogP contribution < -0.4 is 5.73 Å². The van der Waals surface area contributed by atoms with Crippen molar-refractivity contribution in [2.75, 3.05) is 12.4 Å². The Morgan fingerprint density at radius 1 is 1.74 bits per heavy atom. The summed E-state index contributed by atoms with van der Waals surface area (Å²) < 4.78 is 0. The lowest BCUT2D eigenvalue weighted by Gasteiger charge is -2.09. The van der Waals surface area contributed by atoms with E-state index in [1.807, 2.05) is 6.92 Å². The van der Waals surface area contributed by atoms with Crippen LogP contribution in [0.15, 0.2) is 22.4 Å². The van der Waals surface area contributed by atoms with E-state index in [4.69, 9.17) is 16.0 Å². The second-order valence-corrected chi connectivity index (χ2v) is 4.90. The third-order valence-corrected chi connectivity index (χ3v) is 3.58. The number of nitrogens with zero attached hydrogens (tertiary/aromatic N) is 3. The zero-order valence-corrected chi connectivity index (χ0v) is 11.0. The van der Waals surface area contributed by atoms with Crippen molar-refractivity contribution >= 4 is 23.3 Å². The molecule has 1 rings (SSSR count). The Morgan fingerprint density at radius 3 is 2.95 bits per heavy atom. The van der Waals surface area contributed by atoms with Crippen LogP contribution in [0.5, 0.6) is 0 Å². The minimum absolute atomic E-state index is 0.0267. The highest BCUT2D eigenvalue weighted by molar-refractivity contribution is 7.99. The van der Waals surface area contributed by atoms with E-state index >= 15 is 0 Å². The maximum Gasteiger partial charge on any atom is 0.288 e. The van der Waals surface area contributed by atoms with Gasteiger partial charge in [0.15, 0.2) is 5.84 Å². The lowest BCUT2D eigenvalue weighted by Crippen LogP contribution is -2.16. The summed E-state index contributed by atoms with van der Waals surface area (Å²) in [7, 11) is 0. The van der Waals surface area contributed by atoms with Gasteiger partial charge in [0.05, 0.1) is 10.5 Å². The zero-order chi connectivity index (χ0) is 14.4. The van der Waals surface area contributed by atoms with Crippen LogP contribution in [0.25, 0.3) is 0 Å². The highest BCUT2D eigenvalue weighted by Crippen LogP contribution is 2.25. The van der Waals surface area contributed by atoms with Crippen LogP contribution in [0.2, 0.25) is 0 Å². The normalized spacial score (nSPS) is 13.3. The first kappa shape index (κ1) is 15.2. The molecule has 1 heterocycles. The number of amidine groups is 1. The summed E-state index contributed by atoms with van der Waals surface area (Å²) in [5.74, 6) is 0.366. The molecule has 0 aliphatic rings. The Hall–Kier alpha value is -1.87. The minimum atomic E-state index is -0.605. The Labute approximate surface area is 113 Å². The number of nitro groups is 1. The van der Waals surface area contributed by atoms with Gasteiger partial charge in [0.1, 0.15) is 11.2 Å². The number of aliphatic hydroxyl groups excluding tert-OH is 1. The molecule has 0 saturated carbocycles. The molecule has 0 radical (unpaired) electrons. The fourth-order valence-corrected chi connectivity index (χ4v) is 2.16. The summed E-state index contributed by atoms with van der Waals surface area (Å²) in [5.41, 5.74) is 5.44. The molecule has 0 saturated heterocycles. The lowest BCUT2D eigenvalue weighted by molar-refractivity contribution is -0.385. The molecule has 0 bridgehead atoms. The van der Waals surface area contributed by atoms with Crippen molar-refractivity contribution in [2.24, 2.45) is 16.8 Å². The van der Waals surface area contributed by atoms with Crippen LogP contribution in [-0.4, -0.2) is 38.4 Å². The number of rotatable bonds is 6. The van der Waals surface area contributed by atoms with Gasteiger partial charge in [-0.15, -0.1) is 11.8 Å². The molecule has 1 aromatic heterocycles. The van der Waals surface area contributed by atoms with Gasteiger partial charge in [-0.2, -0.15) is 0 Å². The molecular weight excluding hydrogens is 272 g/mol. The fourth-order valence-electron chi connectivity index (χ4n) is 1.17. The number of aromatic nitrogens is 1. The first-order chi connectivity index (χ1) is 8.99. The second-order valence-electron chi connectivity index (χ2n) is 3.89. The molecule has 0 aromatic carbocycles. The SMILES string of the molecule is CC(CO)CSc1ncc([N+](=O)[O-])cc1C(N)=NO. The van der Waals surface area contributed by atoms with Crippen LogP contribution in [0.3, 0.4) is 0 Å². The predicted molar refractivity (Wildman–Crippen MR) is 70.4 cm³/mol. The van der Waals surface area contributed by atoms with Crippen LogP contribution in [-0.2, 0) is 0 Å². The third kappa shape index (κ3) is 4.07. The standard InChI is InChI=1S/C10H14N4O4S/c1-6(4-15)5-19-10-8(9(11)13-16)2-7(3-12-10)14(17)18/h2-3,6,15-16H,4-5H2,1H3,(H2,11,13). The molecule has 0 spiro atoms. The van der Waals surface area contributed by atoms with Crippen LogP contribution in [0, 0.1) is 16.0 Å². The number of aliphatic hydroxyl groups is 1. The van der Waals surface area contributed by atoms with Crippen LogP contribution >= 0.6 is 11.8 Å². The third-order valence-electron chi connectivity index (χ3n) is 2.25. The smallest absolute Gasteiger partial charge is 0.288 e. The number of hydrogen-bond acceptors (Lipinski definition) is 7. The van der Waals surface area contributed by atoms with Crippen molar-refractivity contribution in [3.8, 4) is 0 Å².